The van der Waals surface area contributed by atoms with Crippen LogP contribution in [0, 0.1) is 0 Å². The first-order chi connectivity index (χ1) is 6.79. The average molecular weight is 191 g/mol. The maximum atomic E-state index is 10.3. The molecule has 0 unspecified atom stereocenters. The number of aliphatic hydroxyl groups is 1. The standard InChI is InChI=1S/C12H17NO/c14-12(7-3-1-4-8-12)10-11-6-2-5-9-13-11/h2,5-6,9,14H,1,3-4,7-8,10H2. The van der Waals surface area contributed by atoms with Crippen molar-refractivity contribution in [2.45, 2.75) is 44.1 Å². The number of rotatable bonds is 2. The zero-order valence-electron chi connectivity index (χ0n) is 8.45. The lowest BCUT2D eigenvalue weighted by Gasteiger charge is -2.31. The smallest absolute Gasteiger partial charge is 0.0703 e. The van der Waals surface area contributed by atoms with Gasteiger partial charge in [-0.15, -0.1) is 0 Å². The fourth-order valence-corrected chi connectivity index (χ4v) is 2.23. The van der Waals surface area contributed by atoms with Gasteiger partial charge in [0.15, 0.2) is 0 Å². The van der Waals surface area contributed by atoms with Crippen LogP contribution >= 0.6 is 0 Å². The van der Waals surface area contributed by atoms with E-state index in [1.807, 2.05) is 18.2 Å². The lowest BCUT2D eigenvalue weighted by Crippen LogP contribution is -2.34. The quantitative estimate of drug-likeness (QED) is 0.778. The summed E-state index contributed by atoms with van der Waals surface area (Å²) in [5.74, 6) is 0. The van der Waals surface area contributed by atoms with Crippen LogP contribution in [0.5, 0.6) is 0 Å². The molecule has 76 valence electrons. The van der Waals surface area contributed by atoms with Gasteiger partial charge in [0.2, 0.25) is 0 Å². The molecule has 0 bridgehead atoms. The average Bonchev–Trinajstić information content (AvgIpc) is 2.19. The third-order valence-corrected chi connectivity index (χ3v) is 3.02. The first-order valence-electron chi connectivity index (χ1n) is 5.41. The lowest BCUT2D eigenvalue weighted by molar-refractivity contribution is 0.00367. The second kappa shape index (κ2) is 4.09. The second-order valence-electron chi connectivity index (χ2n) is 4.28. The van der Waals surface area contributed by atoms with Crippen LogP contribution in [-0.2, 0) is 6.42 Å². The summed E-state index contributed by atoms with van der Waals surface area (Å²) in [6.07, 6.45) is 7.96. The third kappa shape index (κ3) is 2.32. The van der Waals surface area contributed by atoms with Gasteiger partial charge in [0, 0.05) is 18.3 Å². The van der Waals surface area contributed by atoms with Crippen molar-refractivity contribution in [2.24, 2.45) is 0 Å². The van der Waals surface area contributed by atoms with Gasteiger partial charge in [0.25, 0.3) is 0 Å². The molecule has 0 atom stereocenters. The Kier molecular flexibility index (Phi) is 2.82. The van der Waals surface area contributed by atoms with E-state index in [1.54, 1.807) is 6.20 Å². The van der Waals surface area contributed by atoms with E-state index in [-0.39, 0.29) is 0 Å². The van der Waals surface area contributed by atoms with Crippen LogP contribution in [-0.4, -0.2) is 15.7 Å². The van der Waals surface area contributed by atoms with Gasteiger partial charge >= 0.3 is 0 Å². The van der Waals surface area contributed by atoms with Crippen molar-refractivity contribution < 1.29 is 5.11 Å². The molecule has 0 radical (unpaired) electrons. The fraction of sp³-hybridized carbons (Fsp3) is 0.583. The van der Waals surface area contributed by atoms with E-state index in [9.17, 15) is 5.11 Å². The molecule has 2 rings (SSSR count). The summed E-state index contributed by atoms with van der Waals surface area (Å²) < 4.78 is 0. The molecule has 1 N–H and O–H groups in total. The monoisotopic (exact) mass is 191 g/mol. The van der Waals surface area contributed by atoms with Gasteiger partial charge < -0.3 is 5.11 Å². The minimum atomic E-state index is -0.480. The largest absolute Gasteiger partial charge is 0.389 e. The molecule has 0 saturated heterocycles. The number of nitrogens with zero attached hydrogens (tertiary/aromatic N) is 1. The maximum Gasteiger partial charge on any atom is 0.0703 e. The van der Waals surface area contributed by atoms with E-state index in [0.29, 0.717) is 6.42 Å². The highest BCUT2D eigenvalue weighted by Gasteiger charge is 2.29. The van der Waals surface area contributed by atoms with E-state index < -0.39 is 5.60 Å². The van der Waals surface area contributed by atoms with Crippen LogP contribution in [0.4, 0.5) is 0 Å². The van der Waals surface area contributed by atoms with Gasteiger partial charge in [-0.2, -0.15) is 0 Å². The van der Waals surface area contributed by atoms with Gasteiger partial charge in [-0.05, 0) is 25.0 Å². The molecule has 0 aliphatic heterocycles. The molecular formula is C12H17NO. The van der Waals surface area contributed by atoms with Gasteiger partial charge in [-0.25, -0.2) is 0 Å². The normalized spacial score (nSPS) is 20.6. The highest BCUT2D eigenvalue weighted by atomic mass is 16.3. The van der Waals surface area contributed by atoms with Crippen molar-refractivity contribution in [3.63, 3.8) is 0 Å². The summed E-state index contributed by atoms with van der Waals surface area (Å²) in [5.41, 5.74) is 0.531. The van der Waals surface area contributed by atoms with Crippen LogP contribution < -0.4 is 0 Å². The Morgan fingerprint density at radius 2 is 2.00 bits per heavy atom. The molecule has 1 saturated carbocycles. The Morgan fingerprint density at radius 1 is 1.21 bits per heavy atom. The summed E-state index contributed by atoms with van der Waals surface area (Å²) in [6, 6.07) is 5.88. The van der Waals surface area contributed by atoms with Crippen molar-refractivity contribution in [3.05, 3.63) is 30.1 Å². The Bertz CT molecular complexity index is 278. The highest BCUT2D eigenvalue weighted by molar-refractivity contribution is 5.07. The van der Waals surface area contributed by atoms with E-state index in [4.69, 9.17) is 0 Å². The van der Waals surface area contributed by atoms with E-state index in [2.05, 4.69) is 4.98 Å². The zero-order chi connectivity index (χ0) is 9.86. The number of pyridine rings is 1. The molecule has 1 aliphatic rings. The molecule has 1 aromatic rings. The molecule has 14 heavy (non-hydrogen) atoms. The predicted octanol–water partition coefficient (Wildman–Crippen LogP) is 2.32. The fourth-order valence-electron chi connectivity index (χ4n) is 2.23. The van der Waals surface area contributed by atoms with Crippen LogP contribution in [0.25, 0.3) is 0 Å². The first-order valence-corrected chi connectivity index (χ1v) is 5.41. The molecule has 2 heteroatoms. The third-order valence-electron chi connectivity index (χ3n) is 3.02. The molecule has 1 heterocycles. The summed E-state index contributed by atoms with van der Waals surface area (Å²) in [6.45, 7) is 0. The van der Waals surface area contributed by atoms with Gasteiger partial charge in [-0.1, -0.05) is 25.3 Å². The highest BCUT2D eigenvalue weighted by Crippen LogP contribution is 2.30. The van der Waals surface area contributed by atoms with Crippen LogP contribution in [0.15, 0.2) is 24.4 Å². The topological polar surface area (TPSA) is 33.1 Å². The van der Waals surface area contributed by atoms with Crippen molar-refractivity contribution >= 4 is 0 Å². The van der Waals surface area contributed by atoms with Crippen molar-refractivity contribution in [2.75, 3.05) is 0 Å². The summed E-state index contributed by atoms with van der Waals surface area (Å²) in [5, 5.41) is 10.3. The van der Waals surface area contributed by atoms with Crippen LogP contribution in [0.2, 0.25) is 0 Å². The summed E-state index contributed by atoms with van der Waals surface area (Å²) in [7, 11) is 0. The Hall–Kier alpha value is -0.890. The van der Waals surface area contributed by atoms with Gasteiger partial charge in [0.1, 0.15) is 0 Å². The van der Waals surface area contributed by atoms with E-state index in [1.165, 1.54) is 6.42 Å². The molecule has 1 aromatic heterocycles. The van der Waals surface area contributed by atoms with Crippen molar-refractivity contribution in [3.8, 4) is 0 Å². The van der Waals surface area contributed by atoms with Gasteiger partial charge in [0.05, 0.1) is 5.60 Å². The maximum absolute atomic E-state index is 10.3. The van der Waals surface area contributed by atoms with Crippen LogP contribution in [0.3, 0.4) is 0 Å². The second-order valence-corrected chi connectivity index (χ2v) is 4.28. The Balaban J connectivity index is 2.02. The number of hydrogen-bond donors (Lipinski definition) is 1. The minimum absolute atomic E-state index is 0.480. The van der Waals surface area contributed by atoms with E-state index in [0.717, 1.165) is 31.4 Å². The molecule has 0 spiro atoms. The van der Waals surface area contributed by atoms with Crippen LogP contribution in [0.1, 0.15) is 37.8 Å². The minimum Gasteiger partial charge on any atom is -0.389 e. The molecule has 1 fully saturated rings. The molecule has 0 aromatic carbocycles. The van der Waals surface area contributed by atoms with Crippen molar-refractivity contribution in [1.29, 1.82) is 0 Å². The molecule has 1 aliphatic carbocycles. The van der Waals surface area contributed by atoms with E-state index >= 15 is 0 Å². The van der Waals surface area contributed by atoms with Gasteiger partial charge in [-0.3, -0.25) is 4.98 Å². The zero-order valence-corrected chi connectivity index (χ0v) is 8.45. The predicted molar refractivity (Wildman–Crippen MR) is 56.0 cm³/mol. The summed E-state index contributed by atoms with van der Waals surface area (Å²) >= 11 is 0. The molecule has 0 amide bonds. The Morgan fingerprint density at radius 3 is 2.64 bits per heavy atom. The lowest BCUT2D eigenvalue weighted by atomic mass is 9.81. The first kappa shape index (κ1) is 9.66. The SMILES string of the molecule is OC1(Cc2ccccn2)CCCCC1. The Labute approximate surface area is 85.0 Å². The summed E-state index contributed by atoms with van der Waals surface area (Å²) in [4.78, 5) is 4.26. The number of hydrogen-bond acceptors (Lipinski definition) is 2. The number of aromatic nitrogens is 1. The van der Waals surface area contributed by atoms with Crippen molar-refractivity contribution in [1.82, 2.24) is 4.98 Å². The molecule has 2 nitrogen and oxygen atoms in total. The molecular weight excluding hydrogens is 174 g/mol.